The molecule has 1 amide bonds. The van der Waals surface area contributed by atoms with Crippen molar-refractivity contribution in [2.45, 2.75) is 19.0 Å². The molecule has 6 rings (SSSR count). The lowest BCUT2D eigenvalue weighted by molar-refractivity contribution is -0.140. The molecule has 222 valence electrons. The molecule has 2 atom stereocenters. The summed E-state index contributed by atoms with van der Waals surface area (Å²) in [5.74, 6) is -0.539. The second-order valence-corrected chi connectivity index (χ2v) is 10.6. The minimum Gasteiger partial charge on any atom is -0.497 e. The van der Waals surface area contributed by atoms with Crippen LogP contribution in [0.2, 0.25) is 0 Å². The molecule has 3 aliphatic rings. The normalized spacial score (nSPS) is 22.1. The summed E-state index contributed by atoms with van der Waals surface area (Å²) in [5, 5.41) is 6.55. The number of anilines is 2. The highest BCUT2D eigenvalue weighted by Crippen LogP contribution is 2.47. The van der Waals surface area contributed by atoms with Crippen molar-refractivity contribution in [3.05, 3.63) is 78.4 Å². The van der Waals surface area contributed by atoms with E-state index >= 15 is 4.79 Å². The first-order chi connectivity index (χ1) is 21.0. The van der Waals surface area contributed by atoms with E-state index in [0.29, 0.717) is 56.3 Å². The summed E-state index contributed by atoms with van der Waals surface area (Å²) in [5.41, 5.74) is 2.64. The summed E-state index contributed by atoms with van der Waals surface area (Å²) in [6.45, 7) is 4.27. The van der Waals surface area contributed by atoms with Gasteiger partial charge in [-0.05, 0) is 60.9 Å². The van der Waals surface area contributed by atoms with Crippen LogP contribution in [0.3, 0.4) is 0 Å². The SMILES string of the molecule is CCOC(=O)C1=NN(c2ccc(OC)cc2)[C@@]2(N3CCOCC3)C(=O)N(c3ccc(-c4ccccc4C=O)cc3)CC[C@@H]12. The number of nitrogens with zero attached hydrogens (tertiary/aromatic N) is 4. The van der Waals surface area contributed by atoms with Crippen molar-refractivity contribution in [1.29, 1.82) is 0 Å². The monoisotopic (exact) mass is 582 g/mol. The van der Waals surface area contributed by atoms with Gasteiger partial charge in [0.15, 0.2) is 12.0 Å². The van der Waals surface area contributed by atoms with Crippen LogP contribution in [0, 0.1) is 5.92 Å². The van der Waals surface area contributed by atoms with Crippen LogP contribution in [0.5, 0.6) is 5.75 Å². The van der Waals surface area contributed by atoms with Crippen molar-refractivity contribution in [3.63, 3.8) is 0 Å². The molecule has 0 aliphatic carbocycles. The quantitative estimate of drug-likeness (QED) is 0.290. The average molecular weight is 583 g/mol. The Hall–Kier alpha value is -4.54. The Bertz CT molecular complexity index is 1530. The molecule has 0 unspecified atom stereocenters. The number of fused-ring (bicyclic) bond motifs is 1. The standard InChI is InChI=1S/C33H34N4O6/c1-3-43-31(39)30-29-16-17-36(25-10-8-23(9-11-25)28-7-5-4-6-24(28)22-38)32(40)33(29,35-18-20-42-21-19-35)37(34-30)26-12-14-27(41-2)15-13-26/h4-15,22,29H,3,16-21H2,1-2H3/t29-,33+/m0/s1. The number of hydrogen-bond donors (Lipinski definition) is 0. The van der Waals surface area contributed by atoms with Gasteiger partial charge < -0.3 is 19.1 Å². The number of rotatable bonds is 8. The zero-order valence-electron chi connectivity index (χ0n) is 24.3. The summed E-state index contributed by atoms with van der Waals surface area (Å²) >= 11 is 0. The molecule has 2 saturated heterocycles. The van der Waals surface area contributed by atoms with Crippen LogP contribution < -0.4 is 14.6 Å². The first-order valence-electron chi connectivity index (χ1n) is 14.5. The molecular formula is C33H34N4O6. The lowest BCUT2D eigenvalue weighted by atomic mass is 9.79. The van der Waals surface area contributed by atoms with Crippen LogP contribution in [-0.4, -0.2) is 81.0 Å². The van der Waals surface area contributed by atoms with Gasteiger partial charge in [0.05, 0.1) is 38.5 Å². The first-order valence-corrected chi connectivity index (χ1v) is 14.5. The van der Waals surface area contributed by atoms with Crippen molar-refractivity contribution >= 4 is 35.2 Å². The van der Waals surface area contributed by atoms with Crippen LogP contribution in [-0.2, 0) is 19.1 Å². The maximum atomic E-state index is 15.0. The van der Waals surface area contributed by atoms with Gasteiger partial charge in [0, 0.05) is 30.9 Å². The van der Waals surface area contributed by atoms with Crippen LogP contribution in [0.4, 0.5) is 11.4 Å². The summed E-state index contributed by atoms with van der Waals surface area (Å²) in [7, 11) is 1.60. The van der Waals surface area contributed by atoms with E-state index in [9.17, 15) is 9.59 Å². The zero-order valence-corrected chi connectivity index (χ0v) is 24.3. The number of hydrogen-bond acceptors (Lipinski definition) is 9. The molecule has 0 aromatic heterocycles. The van der Waals surface area contributed by atoms with Crippen LogP contribution in [0.25, 0.3) is 11.1 Å². The second kappa shape index (κ2) is 12.0. The van der Waals surface area contributed by atoms with Gasteiger partial charge in [0.1, 0.15) is 5.75 Å². The van der Waals surface area contributed by atoms with Crippen molar-refractivity contribution in [1.82, 2.24) is 4.90 Å². The van der Waals surface area contributed by atoms with E-state index in [0.717, 1.165) is 23.1 Å². The molecule has 3 heterocycles. The number of aldehydes is 1. The number of carbonyl (C=O) groups is 3. The average Bonchev–Trinajstić information content (AvgIpc) is 3.43. The maximum Gasteiger partial charge on any atom is 0.354 e. The van der Waals surface area contributed by atoms with E-state index in [4.69, 9.17) is 19.3 Å². The van der Waals surface area contributed by atoms with Crippen LogP contribution in [0.1, 0.15) is 23.7 Å². The maximum absolute atomic E-state index is 15.0. The molecule has 2 fully saturated rings. The van der Waals surface area contributed by atoms with E-state index in [1.807, 2.05) is 66.7 Å². The number of amides is 1. The lowest BCUT2D eigenvalue weighted by Crippen LogP contribution is -2.74. The van der Waals surface area contributed by atoms with E-state index in [1.165, 1.54) is 0 Å². The molecule has 3 aromatic carbocycles. The van der Waals surface area contributed by atoms with E-state index in [1.54, 1.807) is 30.0 Å². The summed E-state index contributed by atoms with van der Waals surface area (Å²) in [4.78, 5) is 43.8. The Morgan fingerprint density at radius 3 is 2.37 bits per heavy atom. The van der Waals surface area contributed by atoms with Gasteiger partial charge in [0.2, 0.25) is 5.66 Å². The Balaban J connectivity index is 1.44. The smallest absolute Gasteiger partial charge is 0.354 e. The Kier molecular flexibility index (Phi) is 7.96. The largest absolute Gasteiger partial charge is 0.497 e. The number of morpholine rings is 1. The number of benzene rings is 3. The van der Waals surface area contributed by atoms with Gasteiger partial charge in [0.25, 0.3) is 5.91 Å². The van der Waals surface area contributed by atoms with Gasteiger partial charge in [-0.3, -0.25) is 14.5 Å². The molecule has 0 radical (unpaired) electrons. The molecule has 0 saturated carbocycles. The minimum absolute atomic E-state index is 0.175. The minimum atomic E-state index is -1.30. The number of hydrazone groups is 1. The summed E-state index contributed by atoms with van der Waals surface area (Å²) in [6.07, 6.45) is 1.35. The van der Waals surface area contributed by atoms with Gasteiger partial charge in [-0.25, -0.2) is 9.80 Å². The highest BCUT2D eigenvalue weighted by Gasteiger charge is 2.65. The number of esters is 1. The van der Waals surface area contributed by atoms with E-state index < -0.39 is 17.6 Å². The molecule has 43 heavy (non-hydrogen) atoms. The fourth-order valence-electron chi connectivity index (χ4n) is 6.42. The summed E-state index contributed by atoms with van der Waals surface area (Å²) < 4.78 is 16.5. The van der Waals surface area contributed by atoms with Crippen molar-refractivity contribution < 1.29 is 28.6 Å². The highest BCUT2D eigenvalue weighted by atomic mass is 16.5. The van der Waals surface area contributed by atoms with E-state index in [2.05, 4.69) is 4.90 Å². The Labute approximate surface area is 250 Å². The van der Waals surface area contributed by atoms with Crippen LogP contribution in [0.15, 0.2) is 77.9 Å². The van der Waals surface area contributed by atoms with Gasteiger partial charge in [-0.2, -0.15) is 5.10 Å². The van der Waals surface area contributed by atoms with Crippen LogP contribution >= 0.6 is 0 Å². The topological polar surface area (TPSA) is 101 Å². The highest BCUT2D eigenvalue weighted by molar-refractivity contribution is 6.40. The number of ether oxygens (including phenoxy) is 3. The molecule has 3 aromatic rings. The van der Waals surface area contributed by atoms with Gasteiger partial charge >= 0.3 is 5.97 Å². The summed E-state index contributed by atoms with van der Waals surface area (Å²) in [6, 6.07) is 22.4. The predicted molar refractivity (Wildman–Crippen MR) is 162 cm³/mol. The molecule has 0 bridgehead atoms. The Morgan fingerprint density at radius 1 is 1.00 bits per heavy atom. The third-order valence-electron chi connectivity index (χ3n) is 8.42. The lowest BCUT2D eigenvalue weighted by Gasteiger charge is -2.53. The fourth-order valence-corrected chi connectivity index (χ4v) is 6.42. The number of methoxy groups -OCH3 is 1. The van der Waals surface area contributed by atoms with Gasteiger partial charge in [-0.1, -0.05) is 36.4 Å². The predicted octanol–water partition coefficient (Wildman–Crippen LogP) is 4.00. The first kappa shape index (κ1) is 28.6. The third kappa shape index (κ3) is 4.86. The van der Waals surface area contributed by atoms with Gasteiger partial charge in [-0.15, -0.1) is 0 Å². The molecular weight excluding hydrogens is 548 g/mol. The van der Waals surface area contributed by atoms with Crippen molar-refractivity contribution in [3.8, 4) is 16.9 Å². The van der Waals surface area contributed by atoms with Crippen molar-refractivity contribution in [2.75, 3.05) is 56.5 Å². The molecule has 10 nitrogen and oxygen atoms in total. The third-order valence-corrected chi connectivity index (χ3v) is 8.42. The van der Waals surface area contributed by atoms with E-state index in [-0.39, 0.29) is 18.2 Å². The molecule has 0 spiro atoms. The molecule has 10 heteroatoms. The van der Waals surface area contributed by atoms with Crippen molar-refractivity contribution in [2.24, 2.45) is 11.0 Å². The second-order valence-electron chi connectivity index (χ2n) is 10.6. The number of carbonyl (C=O) groups excluding carboxylic acids is 3. The zero-order chi connectivity index (χ0) is 30.0. The molecule has 3 aliphatic heterocycles. The fraction of sp³-hybridized carbons (Fsp3) is 0.333. The Morgan fingerprint density at radius 2 is 1.70 bits per heavy atom. The molecule has 0 N–H and O–H groups in total. The number of piperidine rings is 1.